The fraction of sp³-hybridized carbons (Fsp3) is 0.250. The average Bonchev–Trinajstić information content (AvgIpc) is 2.81. The molecule has 0 aliphatic carbocycles. The number of ether oxygens (including phenoxy) is 2. The van der Waals surface area contributed by atoms with Gasteiger partial charge in [-0.05, 0) is 48.9 Å². The Labute approximate surface area is 178 Å². The summed E-state index contributed by atoms with van der Waals surface area (Å²) in [5.41, 5.74) is 2.02. The molecule has 156 valence electrons. The number of para-hydroxylation sites is 1. The summed E-state index contributed by atoms with van der Waals surface area (Å²) in [5.74, 6) is 2.45. The summed E-state index contributed by atoms with van der Waals surface area (Å²) in [7, 11) is 0. The molecule has 0 aliphatic rings. The Hall–Kier alpha value is -3.54. The predicted molar refractivity (Wildman–Crippen MR) is 120 cm³/mol. The van der Waals surface area contributed by atoms with Crippen molar-refractivity contribution in [3.8, 4) is 11.5 Å². The van der Waals surface area contributed by atoms with Crippen LogP contribution in [0.25, 0.3) is 0 Å². The molecule has 0 amide bonds. The number of pyridine rings is 1. The van der Waals surface area contributed by atoms with Crippen LogP contribution in [0.5, 0.6) is 11.5 Å². The molecule has 0 bridgehead atoms. The Morgan fingerprint density at radius 3 is 2.37 bits per heavy atom. The van der Waals surface area contributed by atoms with Gasteiger partial charge in [-0.3, -0.25) is 4.98 Å². The standard InChI is InChI=1S/C24H28N4O2/c1-2-25-24(27-16-17-29-22-9-4-3-5-10-22)28-18-20-11-13-23(14-12-20)30-19-21-8-6-7-15-26-21/h3-15H,2,16-19H2,1H3,(H2,25,27,28). The van der Waals surface area contributed by atoms with Crippen LogP contribution in [-0.2, 0) is 13.2 Å². The maximum Gasteiger partial charge on any atom is 0.191 e. The van der Waals surface area contributed by atoms with Gasteiger partial charge in [0.05, 0.1) is 18.8 Å². The SMILES string of the molecule is CCNC(=NCc1ccc(OCc2ccccn2)cc1)NCCOc1ccccc1. The first-order valence-corrected chi connectivity index (χ1v) is 10.1. The third kappa shape index (κ3) is 7.47. The highest BCUT2D eigenvalue weighted by Crippen LogP contribution is 2.14. The Bertz CT molecular complexity index is 884. The van der Waals surface area contributed by atoms with Gasteiger partial charge < -0.3 is 20.1 Å². The van der Waals surface area contributed by atoms with Crippen LogP contribution >= 0.6 is 0 Å². The van der Waals surface area contributed by atoms with Gasteiger partial charge in [0.15, 0.2) is 5.96 Å². The molecule has 0 aliphatic heterocycles. The maximum absolute atomic E-state index is 5.78. The molecule has 6 nitrogen and oxygen atoms in total. The van der Waals surface area contributed by atoms with Crippen LogP contribution in [-0.4, -0.2) is 30.6 Å². The van der Waals surface area contributed by atoms with E-state index in [1.165, 1.54) is 0 Å². The molecule has 1 heterocycles. The zero-order valence-electron chi connectivity index (χ0n) is 17.3. The topological polar surface area (TPSA) is 67.8 Å². The van der Waals surface area contributed by atoms with Crippen molar-refractivity contribution < 1.29 is 9.47 Å². The van der Waals surface area contributed by atoms with Crippen LogP contribution in [0.1, 0.15) is 18.2 Å². The van der Waals surface area contributed by atoms with Gasteiger partial charge in [-0.2, -0.15) is 0 Å². The zero-order chi connectivity index (χ0) is 20.9. The number of aliphatic imine (C=N–C) groups is 1. The molecule has 0 saturated carbocycles. The fourth-order valence-corrected chi connectivity index (χ4v) is 2.70. The lowest BCUT2D eigenvalue weighted by atomic mass is 10.2. The van der Waals surface area contributed by atoms with Crippen LogP contribution in [0, 0.1) is 0 Å². The van der Waals surface area contributed by atoms with Crippen LogP contribution < -0.4 is 20.1 Å². The lowest BCUT2D eigenvalue weighted by Gasteiger charge is -2.12. The minimum atomic E-state index is 0.456. The second kappa shape index (κ2) is 12.1. The Balaban J connectivity index is 1.44. The largest absolute Gasteiger partial charge is 0.492 e. The summed E-state index contributed by atoms with van der Waals surface area (Å²) in [4.78, 5) is 8.90. The highest BCUT2D eigenvalue weighted by atomic mass is 16.5. The van der Waals surface area contributed by atoms with Crippen molar-refractivity contribution in [3.63, 3.8) is 0 Å². The van der Waals surface area contributed by atoms with E-state index in [1.807, 2.05) is 79.7 Å². The number of rotatable bonds is 10. The minimum absolute atomic E-state index is 0.456. The molecule has 0 fully saturated rings. The Kier molecular flexibility index (Phi) is 8.55. The van der Waals surface area contributed by atoms with Gasteiger partial charge in [0.2, 0.25) is 0 Å². The summed E-state index contributed by atoms with van der Waals surface area (Å²) >= 11 is 0. The number of nitrogens with zero attached hydrogens (tertiary/aromatic N) is 2. The van der Waals surface area contributed by atoms with E-state index < -0.39 is 0 Å². The maximum atomic E-state index is 5.78. The van der Waals surface area contributed by atoms with Gasteiger partial charge in [0.1, 0.15) is 24.7 Å². The number of benzene rings is 2. The van der Waals surface area contributed by atoms with Crippen molar-refractivity contribution >= 4 is 5.96 Å². The third-order valence-electron chi connectivity index (χ3n) is 4.21. The molecule has 6 heteroatoms. The lowest BCUT2D eigenvalue weighted by Crippen LogP contribution is -2.39. The second-order valence-corrected chi connectivity index (χ2v) is 6.54. The molecule has 1 aromatic heterocycles. The summed E-state index contributed by atoms with van der Waals surface area (Å²) in [6.45, 7) is 5.11. The van der Waals surface area contributed by atoms with Crippen molar-refractivity contribution in [3.05, 3.63) is 90.3 Å². The van der Waals surface area contributed by atoms with Gasteiger partial charge in [-0.1, -0.05) is 36.4 Å². The Morgan fingerprint density at radius 1 is 0.867 bits per heavy atom. The number of hydrogen-bond acceptors (Lipinski definition) is 4. The van der Waals surface area contributed by atoms with Gasteiger partial charge in [0.25, 0.3) is 0 Å². The smallest absolute Gasteiger partial charge is 0.191 e. The minimum Gasteiger partial charge on any atom is -0.492 e. The zero-order valence-corrected chi connectivity index (χ0v) is 17.3. The second-order valence-electron chi connectivity index (χ2n) is 6.54. The first-order chi connectivity index (χ1) is 14.8. The number of guanidine groups is 1. The van der Waals surface area contributed by atoms with E-state index in [4.69, 9.17) is 9.47 Å². The van der Waals surface area contributed by atoms with Gasteiger partial charge >= 0.3 is 0 Å². The predicted octanol–water partition coefficient (Wildman–Crippen LogP) is 3.79. The van der Waals surface area contributed by atoms with Crippen LogP contribution in [0.4, 0.5) is 0 Å². The van der Waals surface area contributed by atoms with Crippen molar-refractivity contribution in [1.82, 2.24) is 15.6 Å². The molecule has 0 spiro atoms. The Morgan fingerprint density at radius 2 is 1.63 bits per heavy atom. The first kappa shape index (κ1) is 21.2. The van der Waals surface area contributed by atoms with Crippen molar-refractivity contribution in [2.75, 3.05) is 19.7 Å². The molecule has 3 aromatic rings. The number of aromatic nitrogens is 1. The number of hydrogen-bond donors (Lipinski definition) is 2. The quantitative estimate of drug-likeness (QED) is 0.306. The highest BCUT2D eigenvalue weighted by Gasteiger charge is 2.00. The van der Waals surface area contributed by atoms with E-state index in [1.54, 1.807) is 6.20 Å². The normalized spacial score (nSPS) is 11.0. The summed E-state index contributed by atoms with van der Waals surface area (Å²) in [6, 6.07) is 23.6. The molecule has 3 rings (SSSR count). The molecule has 0 saturated heterocycles. The van der Waals surface area contributed by atoms with Gasteiger partial charge in [-0.25, -0.2) is 4.99 Å². The number of nitrogens with one attached hydrogen (secondary N) is 2. The monoisotopic (exact) mass is 404 g/mol. The first-order valence-electron chi connectivity index (χ1n) is 10.1. The van der Waals surface area contributed by atoms with Crippen LogP contribution in [0.2, 0.25) is 0 Å². The highest BCUT2D eigenvalue weighted by molar-refractivity contribution is 5.79. The van der Waals surface area contributed by atoms with Gasteiger partial charge in [0, 0.05) is 12.7 Å². The molecule has 0 atom stereocenters. The van der Waals surface area contributed by atoms with E-state index in [0.717, 1.165) is 35.3 Å². The van der Waals surface area contributed by atoms with Gasteiger partial charge in [-0.15, -0.1) is 0 Å². The van der Waals surface area contributed by atoms with Crippen molar-refractivity contribution in [2.45, 2.75) is 20.1 Å². The molecule has 30 heavy (non-hydrogen) atoms. The molecule has 0 radical (unpaired) electrons. The summed E-state index contributed by atoms with van der Waals surface area (Å²) < 4.78 is 11.5. The van der Waals surface area contributed by atoms with E-state index in [0.29, 0.717) is 26.3 Å². The third-order valence-corrected chi connectivity index (χ3v) is 4.21. The van der Waals surface area contributed by atoms with Crippen molar-refractivity contribution in [1.29, 1.82) is 0 Å². The lowest BCUT2D eigenvalue weighted by molar-refractivity contribution is 0.301. The van der Waals surface area contributed by atoms with Crippen LogP contribution in [0.15, 0.2) is 84.0 Å². The van der Waals surface area contributed by atoms with E-state index in [-0.39, 0.29) is 0 Å². The summed E-state index contributed by atoms with van der Waals surface area (Å²) in [6.07, 6.45) is 1.77. The summed E-state index contributed by atoms with van der Waals surface area (Å²) in [5, 5.41) is 6.55. The molecular weight excluding hydrogens is 376 g/mol. The molecule has 2 aromatic carbocycles. The average molecular weight is 405 g/mol. The molecule has 2 N–H and O–H groups in total. The molecule has 0 unspecified atom stereocenters. The van der Waals surface area contributed by atoms with Crippen LogP contribution in [0.3, 0.4) is 0 Å². The van der Waals surface area contributed by atoms with E-state index in [9.17, 15) is 0 Å². The van der Waals surface area contributed by atoms with E-state index >= 15 is 0 Å². The van der Waals surface area contributed by atoms with E-state index in [2.05, 4.69) is 20.6 Å². The fourth-order valence-electron chi connectivity index (χ4n) is 2.70. The van der Waals surface area contributed by atoms with Crippen molar-refractivity contribution in [2.24, 2.45) is 4.99 Å². The molecular formula is C24H28N4O2.